The molecule has 118 valence electrons. The van der Waals surface area contributed by atoms with Gasteiger partial charge in [-0.15, -0.1) is 0 Å². The standard InChI is InChI=1S/C17H30N4/c1-4-5-6-10-13-19-17(18)20-14-16(21(2)3)15-11-8-7-9-12-15/h7-9,11-12,16H,4-6,10,13-14H2,1-3H3,(H3,18,19,20). The normalized spacial score (nSPS) is 13.4. The number of aliphatic imine (C=N–C) groups is 1. The van der Waals surface area contributed by atoms with E-state index in [4.69, 9.17) is 5.73 Å². The first-order chi connectivity index (χ1) is 10.1. The maximum absolute atomic E-state index is 5.94. The van der Waals surface area contributed by atoms with Gasteiger partial charge in [-0.1, -0.05) is 56.5 Å². The number of hydrogen-bond donors (Lipinski definition) is 2. The van der Waals surface area contributed by atoms with E-state index in [9.17, 15) is 0 Å². The summed E-state index contributed by atoms with van der Waals surface area (Å²) in [5.41, 5.74) is 7.20. The van der Waals surface area contributed by atoms with Gasteiger partial charge in [0.2, 0.25) is 0 Å². The van der Waals surface area contributed by atoms with Crippen LogP contribution < -0.4 is 11.1 Å². The Labute approximate surface area is 129 Å². The number of rotatable bonds is 9. The number of nitrogens with zero attached hydrogens (tertiary/aromatic N) is 2. The molecule has 3 N–H and O–H groups in total. The molecule has 0 aliphatic carbocycles. The Hall–Kier alpha value is -1.55. The molecule has 4 heteroatoms. The van der Waals surface area contributed by atoms with E-state index in [1.54, 1.807) is 0 Å². The van der Waals surface area contributed by atoms with Crippen LogP contribution in [0.4, 0.5) is 0 Å². The quantitative estimate of drug-likeness (QED) is 0.418. The number of nitrogens with one attached hydrogen (secondary N) is 1. The summed E-state index contributed by atoms with van der Waals surface area (Å²) in [4.78, 5) is 6.66. The molecule has 0 aromatic heterocycles. The van der Waals surface area contributed by atoms with Crippen LogP contribution in [-0.4, -0.2) is 38.0 Å². The molecule has 0 saturated heterocycles. The molecule has 4 nitrogen and oxygen atoms in total. The molecule has 0 spiro atoms. The summed E-state index contributed by atoms with van der Waals surface area (Å²) >= 11 is 0. The molecule has 1 aromatic rings. The first kappa shape index (κ1) is 17.5. The van der Waals surface area contributed by atoms with Crippen LogP contribution in [-0.2, 0) is 0 Å². The third kappa shape index (κ3) is 7.14. The summed E-state index contributed by atoms with van der Waals surface area (Å²) in [6, 6.07) is 10.7. The van der Waals surface area contributed by atoms with Gasteiger partial charge in [-0.2, -0.15) is 0 Å². The summed E-state index contributed by atoms with van der Waals surface area (Å²) < 4.78 is 0. The summed E-state index contributed by atoms with van der Waals surface area (Å²) in [5, 5.41) is 3.20. The van der Waals surface area contributed by atoms with E-state index in [1.807, 2.05) is 6.07 Å². The Morgan fingerprint density at radius 3 is 2.52 bits per heavy atom. The monoisotopic (exact) mass is 290 g/mol. The minimum atomic E-state index is 0.256. The van der Waals surface area contributed by atoms with E-state index < -0.39 is 0 Å². The number of likely N-dealkylation sites (N-methyl/N-ethyl adjacent to an activating group) is 1. The van der Waals surface area contributed by atoms with Crippen molar-refractivity contribution in [3.63, 3.8) is 0 Å². The third-order valence-electron chi connectivity index (χ3n) is 3.58. The number of guanidine groups is 1. The zero-order chi connectivity index (χ0) is 15.5. The Morgan fingerprint density at radius 2 is 1.90 bits per heavy atom. The molecule has 0 aliphatic rings. The number of unbranched alkanes of at least 4 members (excludes halogenated alkanes) is 3. The summed E-state index contributed by atoms with van der Waals surface area (Å²) in [5.74, 6) is 0.550. The second-order valence-electron chi connectivity index (χ2n) is 5.60. The average molecular weight is 290 g/mol. The minimum absolute atomic E-state index is 0.256. The second kappa shape index (κ2) is 10.2. The van der Waals surface area contributed by atoms with Gasteiger partial charge in [0.1, 0.15) is 0 Å². The Bertz CT molecular complexity index is 401. The Balaban J connectivity index is 2.43. The van der Waals surface area contributed by atoms with Crippen molar-refractivity contribution in [2.24, 2.45) is 10.7 Å². The molecule has 1 rings (SSSR count). The lowest BCUT2D eigenvalue weighted by Gasteiger charge is -2.23. The molecule has 0 fully saturated rings. The third-order valence-corrected chi connectivity index (χ3v) is 3.58. The van der Waals surface area contributed by atoms with Crippen LogP contribution in [0.25, 0.3) is 0 Å². The van der Waals surface area contributed by atoms with E-state index in [2.05, 4.69) is 60.5 Å². The van der Waals surface area contributed by atoms with E-state index in [-0.39, 0.29) is 6.04 Å². The first-order valence-corrected chi connectivity index (χ1v) is 7.90. The molecule has 0 amide bonds. The van der Waals surface area contributed by atoms with Crippen LogP contribution in [0.15, 0.2) is 35.3 Å². The van der Waals surface area contributed by atoms with Gasteiger partial charge in [-0.25, -0.2) is 0 Å². The van der Waals surface area contributed by atoms with Crippen LogP contribution in [0.3, 0.4) is 0 Å². The maximum Gasteiger partial charge on any atom is 0.188 e. The number of hydrogen-bond acceptors (Lipinski definition) is 2. The highest BCUT2D eigenvalue weighted by Crippen LogP contribution is 2.17. The van der Waals surface area contributed by atoms with Gasteiger partial charge in [0.25, 0.3) is 0 Å². The summed E-state index contributed by atoms with van der Waals surface area (Å²) in [6.45, 7) is 3.80. The molecular weight excluding hydrogens is 260 g/mol. The molecular formula is C17H30N4. The van der Waals surface area contributed by atoms with Gasteiger partial charge in [-0.05, 0) is 26.1 Å². The van der Waals surface area contributed by atoms with Crippen molar-refractivity contribution < 1.29 is 0 Å². The molecule has 1 aromatic carbocycles. The summed E-state index contributed by atoms with van der Waals surface area (Å²) in [7, 11) is 4.14. The maximum atomic E-state index is 5.94. The molecule has 0 bridgehead atoms. The first-order valence-electron chi connectivity index (χ1n) is 7.90. The van der Waals surface area contributed by atoms with Gasteiger partial charge in [0.05, 0.1) is 12.6 Å². The van der Waals surface area contributed by atoms with Crippen LogP contribution >= 0.6 is 0 Å². The molecule has 0 saturated carbocycles. The van der Waals surface area contributed by atoms with Crippen molar-refractivity contribution in [2.75, 3.05) is 27.2 Å². The van der Waals surface area contributed by atoms with Crippen LogP contribution in [0.5, 0.6) is 0 Å². The molecule has 0 heterocycles. The Morgan fingerprint density at radius 1 is 1.19 bits per heavy atom. The predicted octanol–water partition coefficient (Wildman–Crippen LogP) is 2.77. The average Bonchev–Trinajstić information content (AvgIpc) is 2.48. The summed E-state index contributed by atoms with van der Waals surface area (Å²) in [6.07, 6.45) is 4.95. The second-order valence-corrected chi connectivity index (χ2v) is 5.60. The fourth-order valence-corrected chi connectivity index (χ4v) is 2.25. The number of benzene rings is 1. The van der Waals surface area contributed by atoms with Crippen LogP contribution in [0, 0.1) is 0 Å². The highest BCUT2D eigenvalue weighted by molar-refractivity contribution is 5.77. The minimum Gasteiger partial charge on any atom is -0.370 e. The highest BCUT2D eigenvalue weighted by Gasteiger charge is 2.12. The van der Waals surface area contributed by atoms with Gasteiger partial charge in [0.15, 0.2) is 5.96 Å². The van der Waals surface area contributed by atoms with Crippen molar-refractivity contribution in [3.05, 3.63) is 35.9 Å². The lowest BCUT2D eigenvalue weighted by Crippen LogP contribution is -2.33. The lowest BCUT2D eigenvalue weighted by atomic mass is 10.1. The van der Waals surface area contributed by atoms with Gasteiger partial charge >= 0.3 is 0 Å². The molecule has 1 unspecified atom stereocenters. The molecule has 21 heavy (non-hydrogen) atoms. The lowest BCUT2D eigenvalue weighted by molar-refractivity contribution is 0.306. The van der Waals surface area contributed by atoms with Gasteiger partial charge in [0, 0.05) is 6.54 Å². The zero-order valence-corrected chi connectivity index (χ0v) is 13.7. The van der Waals surface area contributed by atoms with Crippen LogP contribution in [0.1, 0.15) is 44.2 Å². The van der Waals surface area contributed by atoms with Crippen LogP contribution in [0.2, 0.25) is 0 Å². The van der Waals surface area contributed by atoms with Crippen molar-refractivity contribution in [3.8, 4) is 0 Å². The van der Waals surface area contributed by atoms with E-state index in [0.717, 1.165) is 13.0 Å². The highest BCUT2D eigenvalue weighted by atomic mass is 15.1. The Kier molecular flexibility index (Phi) is 8.51. The molecule has 0 aliphatic heterocycles. The van der Waals surface area contributed by atoms with E-state index >= 15 is 0 Å². The van der Waals surface area contributed by atoms with Crippen molar-refractivity contribution in [1.82, 2.24) is 10.2 Å². The smallest absolute Gasteiger partial charge is 0.188 e. The van der Waals surface area contributed by atoms with E-state index in [0.29, 0.717) is 12.5 Å². The van der Waals surface area contributed by atoms with Crippen molar-refractivity contribution in [2.45, 2.75) is 38.6 Å². The van der Waals surface area contributed by atoms with Crippen molar-refractivity contribution >= 4 is 5.96 Å². The number of nitrogens with two attached hydrogens (primary N) is 1. The predicted molar refractivity (Wildman–Crippen MR) is 91.5 cm³/mol. The fraction of sp³-hybridized carbons (Fsp3) is 0.588. The fourth-order valence-electron chi connectivity index (χ4n) is 2.25. The SMILES string of the molecule is CCCCCCNC(N)=NCC(c1ccccc1)N(C)C. The largest absolute Gasteiger partial charge is 0.370 e. The molecule has 1 atom stereocenters. The topological polar surface area (TPSA) is 53.6 Å². The zero-order valence-electron chi connectivity index (χ0n) is 13.7. The molecule has 0 radical (unpaired) electrons. The van der Waals surface area contributed by atoms with Gasteiger partial charge in [-0.3, -0.25) is 4.99 Å². The van der Waals surface area contributed by atoms with Gasteiger partial charge < -0.3 is 16.0 Å². The van der Waals surface area contributed by atoms with E-state index in [1.165, 1.54) is 24.8 Å². The van der Waals surface area contributed by atoms with Crippen molar-refractivity contribution in [1.29, 1.82) is 0 Å².